The van der Waals surface area contributed by atoms with Gasteiger partial charge in [-0.15, -0.1) is 11.3 Å². The minimum atomic E-state index is 0.681. The second kappa shape index (κ2) is 7.26. The van der Waals surface area contributed by atoms with Gasteiger partial charge in [0.05, 0.1) is 23.5 Å². The lowest BCUT2D eigenvalue weighted by atomic mass is 10.3. The lowest BCUT2D eigenvalue weighted by Gasteiger charge is -2.16. The van der Waals surface area contributed by atoms with Crippen LogP contribution in [0.3, 0.4) is 0 Å². The average molecular weight is 291 g/mol. The molecule has 2 aromatic rings. The van der Waals surface area contributed by atoms with E-state index < -0.39 is 0 Å². The summed E-state index contributed by atoms with van der Waals surface area (Å²) >= 11 is 1.72. The van der Waals surface area contributed by atoms with Gasteiger partial charge in [-0.05, 0) is 32.5 Å². The van der Waals surface area contributed by atoms with E-state index in [0.29, 0.717) is 12.3 Å². The SMILES string of the molecule is Cc1ncsc1CN(C)CCCOc1ccccc1N. The standard InChI is InChI=1S/C15H21N3OS/c1-12-15(20-11-17-12)10-18(2)8-5-9-19-14-7-4-3-6-13(14)16/h3-4,6-7,11H,5,8-10,16H2,1-2H3. The van der Waals surface area contributed by atoms with Crippen molar-refractivity contribution in [3.8, 4) is 5.75 Å². The highest BCUT2D eigenvalue weighted by atomic mass is 32.1. The largest absolute Gasteiger partial charge is 0.491 e. The predicted octanol–water partition coefficient (Wildman–Crippen LogP) is 2.93. The van der Waals surface area contributed by atoms with Crippen molar-refractivity contribution >= 4 is 17.0 Å². The topological polar surface area (TPSA) is 51.4 Å². The van der Waals surface area contributed by atoms with Crippen LogP contribution >= 0.6 is 11.3 Å². The highest BCUT2D eigenvalue weighted by Crippen LogP contribution is 2.19. The summed E-state index contributed by atoms with van der Waals surface area (Å²) in [4.78, 5) is 7.89. The third-order valence-electron chi connectivity index (χ3n) is 3.12. The van der Waals surface area contributed by atoms with E-state index in [1.165, 1.54) is 4.88 Å². The van der Waals surface area contributed by atoms with Gasteiger partial charge in [-0.1, -0.05) is 12.1 Å². The fourth-order valence-corrected chi connectivity index (χ4v) is 2.79. The quantitative estimate of drug-likeness (QED) is 0.629. The first-order valence-corrected chi connectivity index (χ1v) is 7.59. The number of nitrogens with two attached hydrogens (primary N) is 1. The first kappa shape index (κ1) is 14.8. The maximum Gasteiger partial charge on any atom is 0.142 e. The summed E-state index contributed by atoms with van der Waals surface area (Å²) in [5, 5.41) is 0. The Kier molecular flexibility index (Phi) is 5.38. The van der Waals surface area contributed by atoms with Crippen LogP contribution in [-0.2, 0) is 6.54 Å². The number of thiazole rings is 1. The zero-order valence-electron chi connectivity index (χ0n) is 12.0. The summed E-state index contributed by atoms with van der Waals surface area (Å²) in [5.74, 6) is 0.772. The molecule has 1 aromatic heterocycles. The molecule has 2 rings (SSSR count). The van der Waals surface area contributed by atoms with Crippen molar-refractivity contribution in [2.24, 2.45) is 0 Å². The highest BCUT2D eigenvalue weighted by molar-refractivity contribution is 7.09. The predicted molar refractivity (Wildman–Crippen MR) is 84.2 cm³/mol. The Balaban J connectivity index is 1.68. The molecular formula is C15H21N3OS. The van der Waals surface area contributed by atoms with Crippen molar-refractivity contribution in [2.75, 3.05) is 25.9 Å². The minimum absolute atomic E-state index is 0.681. The van der Waals surface area contributed by atoms with Crippen LogP contribution in [-0.4, -0.2) is 30.1 Å². The Morgan fingerprint density at radius 2 is 2.15 bits per heavy atom. The molecule has 0 aliphatic rings. The van der Waals surface area contributed by atoms with Crippen molar-refractivity contribution < 1.29 is 4.74 Å². The number of nitrogens with zero attached hydrogens (tertiary/aromatic N) is 2. The summed E-state index contributed by atoms with van der Waals surface area (Å²) in [5.41, 5.74) is 9.56. The fourth-order valence-electron chi connectivity index (χ4n) is 1.93. The van der Waals surface area contributed by atoms with E-state index in [-0.39, 0.29) is 0 Å². The van der Waals surface area contributed by atoms with Crippen molar-refractivity contribution in [3.05, 3.63) is 40.3 Å². The van der Waals surface area contributed by atoms with E-state index in [4.69, 9.17) is 10.5 Å². The number of nitrogen functional groups attached to an aromatic ring is 1. The molecule has 20 heavy (non-hydrogen) atoms. The van der Waals surface area contributed by atoms with Crippen LogP contribution in [0.15, 0.2) is 29.8 Å². The van der Waals surface area contributed by atoms with Gasteiger partial charge in [-0.25, -0.2) is 4.98 Å². The molecule has 5 heteroatoms. The van der Waals surface area contributed by atoms with Gasteiger partial charge in [0.25, 0.3) is 0 Å². The third kappa shape index (κ3) is 4.21. The molecule has 0 atom stereocenters. The molecule has 0 radical (unpaired) electrons. The number of aryl methyl sites for hydroxylation is 1. The van der Waals surface area contributed by atoms with Crippen LogP contribution in [0, 0.1) is 6.92 Å². The summed E-state index contributed by atoms with van der Waals surface area (Å²) in [7, 11) is 2.12. The molecule has 0 saturated heterocycles. The fraction of sp³-hybridized carbons (Fsp3) is 0.400. The van der Waals surface area contributed by atoms with E-state index in [1.807, 2.05) is 29.8 Å². The molecule has 0 bridgehead atoms. The normalized spacial score (nSPS) is 10.9. The van der Waals surface area contributed by atoms with E-state index in [9.17, 15) is 0 Å². The number of rotatable bonds is 7. The molecule has 1 aromatic carbocycles. The Morgan fingerprint density at radius 1 is 1.35 bits per heavy atom. The first-order chi connectivity index (χ1) is 9.66. The van der Waals surface area contributed by atoms with Crippen LogP contribution in [0.5, 0.6) is 5.75 Å². The number of hydrogen-bond acceptors (Lipinski definition) is 5. The lowest BCUT2D eigenvalue weighted by molar-refractivity contribution is 0.260. The second-order valence-electron chi connectivity index (χ2n) is 4.84. The number of aromatic nitrogens is 1. The molecule has 0 unspecified atom stereocenters. The average Bonchev–Trinajstić information content (AvgIpc) is 2.82. The van der Waals surface area contributed by atoms with Gasteiger partial charge in [0, 0.05) is 18.0 Å². The third-order valence-corrected chi connectivity index (χ3v) is 4.04. The van der Waals surface area contributed by atoms with Crippen LogP contribution in [0.4, 0.5) is 5.69 Å². The highest BCUT2D eigenvalue weighted by Gasteiger charge is 2.05. The number of ether oxygens (including phenoxy) is 1. The smallest absolute Gasteiger partial charge is 0.142 e. The molecule has 0 amide bonds. The number of para-hydroxylation sites is 2. The molecule has 0 spiro atoms. The Bertz CT molecular complexity index is 541. The molecule has 4 nitrogen and oxygen atoms in total. The number of hydrogen-bond donors (Lipinski definition) is 1. The van der Waals surface area contributed by atoms with Crippen LogP contribution in [0.25, 0.3) is 0 Å². The molecular weight excluding hydrogens is 270 g/mol. The van der Waals surface area contributed by atoms with Crippen LogP contribution in [0.2, 0.25) is 0 Å². The summed E-state index contributed by atoms with van der Waals surface area (Å²) in [6, 6.07) is 7.60. The first-order valence-electron chi connectivity index (χ1n) is 6.71. The summed E-state index contributed by atoms with van der Waals surface area (Å²) in [6.45, 7) is 4.68. The van der Waals surface area contributed by atoms with Crippen molar-refractivity contribution in [3.63, 3.8) is 0 Å². The zero-order valence-corrected chi connectivity index (χ0v) is 12.8. The van der Waals surface area contributed by atoms with E-state index in [1.54, 1.807) is 11.3 Å². The molecule has 0 aliphatic heterocycles. The van der Waals surface area contributed by atoms with Crippen molar-refractivity contribution in [1.82, 2.24) is 9.88 Å². The lowest BCUT2D eigenvalue weighted by Crippen LogP contribution is -2.20. The van der Waals surface area contributed by atoms with Gasteiger partial charge in [-0.2, -0.15) is 0 Å². The second-order valence-corrected chi connectivity index (χ2v) is 5.78. The van der Waals surface area contributed by atoms with E-state index >= 15 is 0 Å². The summed E-state index contributed by atoms with van der Waals surface area (Å²) < 4.78 is 5.68. The zero-order chi connectivity index (χ0) is 14.4. The number of benzene rings is 1. The molecule has 108 valence electrons. The maximum absolute atomic E-state index is 5.83. The Labute approximate surface area is 124 Å². The van der Waals surface area contributed by atoms with E-state index in [0.717, 1.165) is 31.0 Å². The van der Waals surface area contributed by atoms with Crippen molar-refractivity contribution in [1.29, 1.82) is 0 Å². The molecule has 2 N–H and O–H groups in total. The molecule has 0 aliphatic carbocycles. The monoisotopic (exact) mass is 291 g/mol. The Morgan fingerprint density at radius 3 is 2.85 bits per heavy atom. The maximum atomic E-state index is 5.83. The molecule has 1 heterocycles. The number of anilines is 1. The van der Waals surface area contributed by atoms with Gasteiger partial charge < -0.3 is 15.4 Å². The molecule has 0 fully saturated rings. The van der Waals surface area contributed by atoms with Crippen LogP contribution in [0.1, 0.15) is 17.0 Å². The minimum Gasteiger partial charge on any atom is -0.491 e. The van der Waals surface area contributed by atoms with Gasteiger partial charge in [0.2, 0.25) is 0 Å². The Hall–Kier alpha value is -1.59. The van der Waals surface area contributed by atoms with Gasteiger partial charge in [0.15, 0.2) is 0 Å². The van der Waals surface area contributed by atoms with Gasteiger partial charge >= 0.3 is 0 Å². The van der Waals surface area contributed by atoms with E-state index in [2.05, 4.69) is 23.9 Å². The summed E-state index contributed by atoms with van der Waals surface area (Å²) in [6.07, 6.45) is 0.975. The van der Waals surface area contributed by atoms with Crippen molar-refractivity contribution in [2.45, 2.75) is 19.9 Å². The molecule has 0 saturated carbocycles. The van der Waals surface area contributed by atoms with Gasteiger partial charge in [-0.3, -0.25) is 0 Å². The van der Waals surface area contributed by atoms with Crippen LogP contribution < -0.4 is 10.5 Å². The van der Waals surface area contributed by atoms with Gasteiger partial charge in [0.1, 0.15) is 5.75 Å².